The zero-order chi connectivity index (χ0) is 16.9. The van der Waals surface area contributed by atoms with E-state index in [0.29, 0.717) is 22.1 Å². The van der Waals surface area contributed by atoms with Crippen LogP contribution in [0.4, 0.5) is 0 Å². The van der Waals surface area contributed by atoms with E-state index in [0.717, 1.165) is 11.3 Å². The summed E-state index contributed by atoms with van der Waals surface area (Å²) in [6.07, 6.45) is 3.62. The van der Waals surface area contributed by atoms with Crippen LogP contribution in [0.1, 0.15) is 5.56 Å². The van der Waals surface area contributed by atoms with Crippen LogP contribution < -0.4 is 9.47 Å². The third-order valence-electron chi connectivity index (χ3n) is 3.62. The molecule has 0 aliphatic rings. The normalized spacial score (nSPS) is 11.9. The summed E-state index contributed by atoms with van der Waals surface area (Å²) < 4.78 is 24.9. The van der Waals surface area contributed by atoms with Crippen LogP contribution in [-0.2, 0) is 16.6 Å². The third kappa shape index (κ3) is 3.49. The topological polar surface area (TPSA) is 53.4 Å². The first-order valence-electron chi connectivity index (χ1n) is 7.40. The molecule has 0 aliphatic carbocycles. The van der Waals surface area contributed by atoms with Gasteiger partial charge in [-0.25, -0.2) is 4.68 Å². The summed E-state index contributed by atoms with van der Waals surface area (Å²) in [5.74, 6) is 1.65. The van der Waals surface area contributed by atoms with Gasteiger partial charge in [-0.1, -0.05) is 12.1 Å². The lowest BCUT2D eigenvalue weighted by atomic mass is 10.2. The first-order chi connectivity index (χ1) is 11.7. The van der Waals surface area contributed by atoms with E-state index >= 15 is 0 Å². The van der Waals surface area contributed by atoms with E-state index in [1.165, 1.54) is 0 Å². The van der Waals surface area contributed by atoms with E-state index in [-0.39, 0.29) is 0 Å². The summed E-state index contributed by atoms with van der Waals surface area (Å²) in [5.41, 5.74) is 1.97. The number of hydrogen-bond donors (Lipinski definition) is 0. The maximum atomic E-state index is 12.6. The van der Waals surface area contributed by atoms with Crippen LogP contribution in [0.2, 0.25) is 0 Å². The quantitative estimate of drug-likeness (QED) is 0.690. The molecule has 0 saturated carbocycles. The highest BCUT2D eigenvalue weighted by molar-refractivity contribution is 7.84. The molecule has 1 atom stereocenters. The monoisotopic (exact) mass is 342 g/mol. The lowest BCUT2D eigenvalue weighted by molar-refractivity contribution is 0.354. The molecule has 0 aliphatic heterocycles. The van der Waals surface area contributed by atoms with Crippen LogP contribution in [0.5, 0.6) is 11.5 Å². The van der Waals surface area contributed by atoms with Gasteiger partial charge in [0.25, 0.3) is 0 Å². The predicted molar refractivity (Wildman–Crippen MR) is 93.2 cm³/mol. The van der Waals surface area contributed by atoms with Crippen LogP contribution in [0, 0.1) is 0 Å². The smallest absolute Gasteiger partial charge is 0.161 e. The fraction of sp³-hybridized carbons (Fsp3) is 0.167. The SMILES string of the molecule is COc1ccc([S@](=O)Cc2ccc(-n3cccn3)cc2)cc1OC. The standard InChI is InChI=1S/C18H18N2O3S/c1-22-17-9-8-16(12-18(17)23-2)24(21)13-14-4-6-15(7-5-14)20-11-3-10-19-20/h3-12H,13H2,1-2H3/t24-/m1/s1. The van der Waals surface area contributed by atoms with Crippen molar-refractivity contribution in [3.8, 4) is 17.2 Å². The first-order valence-corrected chi connectivity index (χ1v) is 8.72. The molecular formula is C18H18N2O3S. The minimum atomic E-state index is -1.16. The van der Waals surface area contributed by atoms with Gasteiger partial charge >= 0.3 is 0 Å². The predicted octanol–water partition coefficient (Wildman–Crippen LogP) is 3.20. The summed E-state index contributed by atoms with van der Waals surface area (Å²) >= 11 is 0. The molecule has 0 amide bonds. The Morgan fingerprint density at radius 3 is 2.42 bits per heavy atom. The molecule has 1 aromatic heterocycles. The largest absolute Gasteiger partial charge is 0.493 e. The second kappa shape index (κ2) is 7.31. The van der Waals surface area contributed by atoms with E-state index in [1.54, 1.807) is 43.3 Å². The Hall–Kier alpha value is -2.60. The summed E-state index contributed by atoms with van der Waals surface area (Å²) in [4.78, 5) is 0.712. The van der Waals surface area contributed by atoms with Crippen molar-refractivity contribution in [1.29, 1.82) is 0 Å². The van der Waals surface area contributed by atoms with Gasteiger partial charge in [-0.3, -0.25) is 4.21 Å². The molecule has 1 heterocycles. The minimum Gasteiger partial charge on any atom is -0.493 e. The molecular weight excluding hydrogens is 324 g/mol. The lowest BCUT2D eigenvalue weighted by Gasteiger charge is -2.10. The highest BCUT2D eigenvalue weighted by Crippen LogP contribution is 2.29. The van der Waals surface area contributed by atoms with Crippen LogP contribution in [0.25, 0.3) is 5.69 Å². The van der Waals surface area contributed by atoms with Crippen molar-refractivity contribution in [3.05, 3.63) is 66.5 Å². The molecule has 0 bridgehead atoms. The van der Waals surface area contributed by atoms with E-state index in [4.69, 9.17) is 9.47 Å². The molecule has 3 aromatic rings. The Balaban J connectivity index is 1.75. The highest BCUT2D eigenvalue weighted by Gasteiger charge is 2.10. The maximum absolute atomic E-state index is 12.6. The molecule has 3 rings (SSSR count). The molecule has 24 heavy (non-hydrogen) atoms. The van der Waals surface area contributed by atoms with Gasteiger partial charge in [0.2, 0.25) is 0 Å². The number of rotatable bonds is 6. The van der Waals surface area contributed by atoms with Crippen molar-refractivity contribution in [2.45, 2.75) is 10.6 Å². The fourth-order valence-electron chi connectivity index (χ4n) is 2.36. The van der Waals surface area contributed by atoms with Crippen molar-refractivity contribution in [3.63, 3.8) is 0 Å². The van der Waals surface area contributed by atoms with Gasteiger partial charge in [0.15, 0.2) is 11.5 Å². The molecule has 0 unspecified atom stereocenters. The van der Waals surface area contributed by atoms with Gasteiger partial charge in [0.05, 0.1) is 36.5 Å². The summed E-state index contributed by atoms with van der Waals surface area (Å²) in [7, 11) is 1.99. The number of aromatic nitrogens is 2. The van der Waals surface area contributed by atoms with Crippen molar-refractivity contribution < 1.29 is 13.7 Å². The van der Waals surface area contributed by atoms with Crippen LogP contribution in [-0.4, -0.2) is 28.2 Å². The van der Waals surface area contributed by atoms with Gasteiger partial charge in [0.1, 0.15) is 0 Å². The Bertz CT molecular complexity index is 830. The molecule has 2 aromatic carbocycles. The second-order valence-electron chi connectivity index (χ2n) is 5.12. The first kappa shape index (κ1) is 16.3. The number of ether oxygens (including phenoxy) is 2. The van der Waals surface area contributed by atoms with Gasteiger partial charge in [0, 0.05) is 23.4 Å². The average molecular weight is 342 g/mol. The van der Waals surface area contributed by atoms with Crippen molar-refractivity contribution in [2.75, 3.05) is 14.2 Å². The molecule has 0 fully saturated rings. The Morgan fingerprint density at radius 2 is 1.79 bits per heavy atom. The van der Waals surface area contributed by atoms with E-state index in [1.807, 2.05) is 36.5 Å². The molecule has 0 saturated heterocycles. The van der Waals surface area contributed by atoms with Crippen molar-refractivity contribution in [2.24, 2.45) is 0 Å². The Kier molecular flexibility index (Phi) is 4.96. The lowest BCUT2D eigenvalue weighted by Crippen LogP contribution is -1.99. The minimum absolute atomic E-state index is 0.439. The second-order valence-corrected chi connectivity index (χ2v) is 6.57. The Morgan fingerprint density at radius 1 is 1.04 bits per heavy atom. The van der Waals surface area contributed by atoms with Crippen LogP contribution >= 0.6 is 0 Å². The van der Waals surface area contributed by atoms with E-state index in [9.17, 15) is 4.21 Å². The zero-order valence-corrected chi connectivity index (χ0v) is 14.3. The van der Waals surface area contributed by atoms with Crippen molar-refractivity contribution in [1.82, 2.24) is 9.78 Å². The van der Waals surface area contributed by atoms with Crippen molar-refractivity contribution >= 4 is 10.8 Å². The van der Waals surface area contributed by atoms with Gasteiger partial charge in [-0.2, -0.15) is 5.10 Å². The number of benzene rings is 2. The van der Waals surface area contributed by atoms with Gasteiger partial charge in [-0.05, 0) is 35.9 Å². The number of hydrogen-bond acceptors (Lipinski definition) is 4. The molecule has 124 valence electrons. The molecule has 5 nitrogen and oxygen atoms in total. The summed E-state index contributed by atoms with van der Waals surface area (Å²) in [6.45, 7) is 0. The molecule has 0 spiro atoms. The highest BCUT2D eigenvalue weighted by atomic mass is 32.2. The van der Waals surface area contributed by atoms with Gasteiger partial charge < -0.3 is 9.47 Å². The number of nitrogens with zero attached hydrogens (tertiary/aromatic N) is 2. The van der Waals surface area contributed by atoms with E-state index in [2.05, 4.69) is 5.10 Å². The van der Waals surface area contributed by atoms with Crippen LogP contribution in [0.15, 0.2) is 65.8 Å². The number of methoxy groups -OCH3 is 2. The summed E-state index contributed by atoms with van der Waals surface area (Å²) in [6, 6.07) is 15.1. The van der Waals surface area contributed by atoms with Crippen LogP contribution in [0.3, 0.4) is 0 Å². The fourth-order valence-corrected chi connectivity index (χ4v) is 3.48. The van der Waals surface area contributed by atoms with E-state index < -0.39 is 10.8 Å². The molecule has 6 heteroatoms. The molecule has 0 N–H and O–H groups in total. The average Bonchev–Trinajstić information content (AvgIpc) is 3.16. The Labute approximate surface area is 143 Å². The third-order valence-corrected chi connectivity index (χ3v) is 5.00. The summed E-state index contributed by atoms with van der Waals surface area (Å²) in [5, 5.41) is 4.19. The molecule has 0 radical (unpaired) electrons. The van der Waals surface area contributed by atoms with Gasteiger partial charge in [-0.15, -0.1) is 0 Å². The zero-order valence-electron chi connectivity index (χ0n) is 13.5. The maximum Gasteiger partial charge on any atom is 0.161 e.